The molecule has 0 bridgehead atoms. The van der Waals surface area contributed by atoms with Crippen LogP contribution in [0.4, 0.5) is 0 Å². The van der Waals surface area contributed by atoms with Crippen LogP contribution in [0.25, 0.3) is 0 Å². The molecule has 46 nitrogen and oxygen atoms in total. The lowest BCUT2D eigenvalue weighted by Gasteiger charge is -2.52. The number of aliphatic carboxylic acids is 1. The average Bonchev–Trinajstić information content (AvgIpc) is 0.767. The maximum absolute atomic E-state index is 13.3. The van der Waals surface area contributed by atoms with Crippen molar-refractivity contribution >= 4 is 23.7 Å². The Labute approximate surface area is 582 Å². The Morgan fingerprint density at radius 3 is 1.30 bits per heavy atom. The number of ether oxygens (including phenoxy) is 15. The van der Waals surface area contributed by atoms with Gasteiger partial charge in [0, 0.05) is 27.2 Å². The summed E-state index contributed by atoms with van der Waals surface area (Å²) in [4.78, 5) is 51.2. The number of rotatable bonds is 27. The highest BCUT2D eigenvalue weighted by atomic mass is 16.8. The van der Waals surface area contributed by atoms with Crippen LogP contribution in [0, 0.1) is 0 Å². The lowest BCUT2D eigenvalue weighted by molar-refractivity contribution is -0.397. The molecule has 8 rings (SSSR count). The van der Waals surface area contributed by atoms with Gasteiger partial charge in [-0.15, -0.1) is 0 Å². The fraction of sp³-hybridized carbons (Fsp3) is 0.930. The van der Waals surface area contributed by atoms with Gasteiger partial charge in [-0.2, -0.15) is 0 Å². The minimum atomic E-state index is -3.04. The summed E-state index contributed by atoms with van der Waals surface area (Å²) in [6, 6.07) is -5.60. The molecule has 8 fully saturated rings. The van der Waals surface area contributed by atoms with Crippen LogP contribution in [0.3, 0.4) is 0 Å². The number of hydrogen-bond donors (Lipinski definition) is 27. The van der Waals surface area contributed by atoms with E-state index >= 15 is 0 Å². The van der Waals surface area contributed by atoms with Crippen molar-refractivity contribution in [3.8, 4) is 0 Å². The van der Waals surface area contributed by atoms with Crippen LogP contribution in [-0.4, -0.2) is 444 Å². The number of hydrogen-bond acceptors (Lipinski definition) is 42. The Balaban J connectivity index is 1.05. The first-order valence-electron chi connectivity index (χ1n) is 32.6. The van der Waals surface area contributed by atoms with E-state index in [0.717, 1.165) is 20.8 Å². The van der Waals surface area contributed by atoms with Gasteiger partial charge in [-0.25, -0.2) is 4.79 Å². The number of aliphatic hydroxyl groups excluding tert-OH is 23. The van der Waals surface area contributed by atoms with E-state index in [-0.39, 0.29) is 0 Å². The first kappa shape index (κ1) is 85.0. The lowest BCUT2D eigenvalue weighted by atomic mass is 9.88. The van der Waals surface area contributed by atoms with Crippen molar-refractivity contribution in [1.29, 1.82) is 0 Å². The van der Waals surface area contributed by atoms with Gasteiger partial charge >= 0.3 is 5.97 Å². The summed E-state index contributed by atoms with van der Waals surface area (Å²) in [5, 5.41) is 269. The molecule has 0 aromatic rings. The highest BCUT2D eigenvalue weighted by molar-refractivity contribution is 5.77. The van der Waals surface area contributed by atoms with Crippen LogP contribution in [0.5, 0.6) is 0 Å². The zero-order valence-corrected chi connectivity index (χ0v) is 55.2. The van der Waals surface area contributed by atoms with Crippen LogP contribution >= 0.6 is 0 Å². The Bertz CT molecular complexity index is 2730. The molecule has 8 aliphatic heterocycles. The second kappa shape index (κ2) is 36.3. The third kappa shape index (κ3) is 18.5. The lowest BCUT2D eigenvalue weighted by Crippen LogP contribution is -2.72. The summed E-state index contributed by atoms with van der Waals surface area (Å²) in [7, 11) is 0. The van der Waals surface area contributed by atoms with Crippen molar-refractivity contribution in [3.63, 3.8) is 0 Å². The van der Waals surface area contributed by atoms with Gasteiger partial charge < -0.3 is 210 Å². The van der Waals surface area contributed by atoms with Crippen LogP contribution in [0.15, 0.2) is 0 Å². The number of carbonyl (C=O) groups excluding carboxylic acids is 3. The summed E-state index contributed by atoms with van der Waals surface area (Å²) in [5.41, 5.74) is 0. The third-order valence-electron chi connectivity index (χ3n) is 18.8. The number of carbonyl (C=O) groups is 4. The van der Waals surface area contributed by atoms with Crippen LogP contribution < -0.4 is 16.0 Å². The molecule has 0 spiro atoms. The van der Waals surface area contributed by atoms with Crippen molar-refractivity contribution < 1.29 is 213 Å². The maximum Gasteiger partial charge on any atom is 0.364 e. The molecule has 103 heavy (non-hydrogen) atoms. The van der Waals surface area contributed by atoms with E-state index in [9.17, 15) is 142 Å². The molecule has 0 unspecified atom stereocenters. The van der Waals surface area contributed by atoms with Crippen molar-refractivity contribution in [2.75, 3.05) is 46.2 Å². The van der Waals surface area contributed by atoms with E-state index in [0.29, 0.717) is 0 Å². The Kier molecular flexibility index (Phi) is 29.9. The number of aliphatic hydroxyl groups is 23. The molecule has 3 amide bonds. The topological polar surface area (TPSA) is 728 Å². The van der Waals surface area contributed by atoms with Gasteiger partial charge in [0.15, 0.2) is 44.0 Å². The third-order valence-corrected chi connectivity index (χ3v) is 18.8. The molecule has 41 atom stereocenters. The smallest absolute Gasteiger partial charge is 0.364 e. The van der Waals surface area contributed by atoms with Gasteiger partial charge in [-0.05, 0) is 6.92 Å². The molecule has 8 saturated heterocycles. The summed E-state index contributed by atoms with van der Waals surface area (Å²) in [6.45, 7) is -3.88. The number of amides is 3. The van der Waals surface area contributed by atoms with E-state index in [2.05, 4.69) is 16.0 Å². The van der Waals surface area contributed by atoms with Crippen molar-refractivity contribution in [2.45, 2.75) is 285 Å². The molecule has 0 aliphatic carbocycles. The van der Waals surface area contributed by atoms with Crippen molar-refractivity contribution in [1.82, 2.24) is 16.0 Å². The Morgan fingerprint density at radius 2 is 0.806 bits per heavy atom. The maximum atomic E-state index is 13.3. The quantitative estimate of drug-likeness (QED) is 0.0363. The van der Waals surface area contributed by atoms with Gasteiger partial charge in [0.05, 0.1) is 64.5 Å². The predicted molar refractivity (Wildman–Crippen MR) is 315 cm³/mol. The molecular formula is C57H95N3O43. The molecule has 0 radical (unpaired) electrons. The number of nitrogens with one attached hydrogen (secondary N) is 3. The Morgan fingerprint density at radius 1 is 0.408 bits per heavy atom. The van der Waals surface area contributed by atoms with E-state index in [4.69, 9.17) is 71.1 Å². The fourth-order valence-electron chi connectivity index (χ4n) is 13.2. The van der Waals surface area contributed by atoms with Crippen LogP contribution in [0.2, 0.25) is 0 Å². The number of carboxylic acid groups (broad SMARTS) is 1. The molecule has 0 aromatic carbocycles. The van der Waals surface area contributed by atoms with Crippen LogP contribution in [0.1, 0.15) is 34.1 Å². The molecule has 8 heterocycles. The molecule has 27 N–H and O–H groups in total. The molecular weight excluding hydrogens is 1410 g/mol. The summed E-state index contributed by atoms with van der Waals surface area (Å²) in [5.74, 6) is -7.83. The van der Waals surface area contributed by atoms with Gasteiger partial charge in [0.1, 0.15) is 183 Å². The first-order valence-corrected chi connectivity index (χ1v) is 32.6. The van der Waals surface area contributed by atoms with E-state index in [1.165, 1.54) is 6.92 Å². The SMILES string of the molecule is CC(=O)N[C@H]1[C@H](O[C@H]2[C@@H](O)[C@@H](CO)O[C@@H](O[C@H]3[C@H](O[C@@H]4O[C@@H](C)[C@@H](O)[C@@H](O)[C@@H]4O)[C@@H](NC(C)=O)[C@H](O[C@H]4[C@@H](O)[C@@H](CO)O[C@@H](O[C@H]5[C@H](O)[C@@H](O)[C@H](O)O[C@@H]5CO)[C@@H]4O)O[C@@H]3CO)[C@@H]2O)O[C@H](CO)[C@@H](O[C@@H]2O[C@H](CO[C@]3(C(=O)O)C[C@H](O)[C@@H](NC(C)=O)[C@H]([C@H](O)[C@H](O)CO)O3)[C@H](O)[C@H](O)[C@H]2O)[C@@H]1O. The predicted octanol–water partition coefficient (Wildman–Crippen LogP) is -17.8. The monoisotopic (exact) mass is 1510 g/mol. The van der Waals surface area contributed by atoms with Crippen molar-refractivity contribution in [3.05, 3.63) is 0 Å². The highest BCUT2D eigenvalue weighted by Gasteiger charge is 2.62. The Hall–Kier alpha value is -3.64. The van der Waals surface area contributed by atoms with E-state index < -0.39 is 327 Å². The highest BCUT2D eigenvalue weighted by Crippen LogP contribution is 2.41. The average molecular weight is 1510 g/mol. The summed E-state index contributed by atoms with van der Waals surface area (Å²) >= 11 is 0. The van der Waals surface area contributed by atoms with Crippen LogP contribution in [-0.2, 0) is 90.2 Å². The normalized spacial score (nSPS) is 48.3. The summed E-state index contributed by atoms with van der Waals surface area (Å²) < 4.78 is 87.6. The fourth-order valence-corrected chi connectivity index (χ4v) is 13.2. The first-order chi connectivity index (χ1) is 48.5. The summed E-state index contributed by atoms with van der Waals surface area (Å²) in [6.07, 6.45) is -77.7. The second-order valence-electron chi connectivity index (χ2n) is 26.0. The molecule has 8 aliphatic rings. The van der Waals surface area contributed by atoms with Gasteiger partial charge in [-0.3, -0.25) is 14.4 Å². The minimum absolute atomic E-state index is 0.819. The zero-order chi connectivity index (χ0) is 76.3. The van der Waals surface area contributed by atoms with Gasteiger partial charge in [0.25, 0.3) is 5.79 Å². The second-order valence-corrected chi connectivity index (χ2v) is 26.0. The molecule has 46 heteroatoms. The minimum Gasteiger partial charge on any atom is -0.477 e. The van der Waals surface area contributed by atoms with Gasteiger partial charge in [0.2, 0.25) is 17.7 Å². The molecule has 596 valence electrons. The standard InChI is InChI=1S/C57H95N3O43/c1-13-28(72)34(78)38(82)52(90-13)100-46-27(60-16(4)69)51(102-48-32(76)19(7-62)92-54(40(48)84)98-43-21(9-64)91-49(86)37(81)36(43)80)95-23(11-66)44(46)99-55-41(85)47(31(75)20(8-63)93-55)101-50-26(59-15(3)68)33(77)42(22(10-65)94-50)97-53-39(83)35(79)30(74)24(96-53)12-89-57(56(87)88)5-17(70)25(58-14(2)67)45(103-57)29(73)18(71)6-61/h13,17-55,61-66,70-86H,5-12H2,1-4H3,(H,58,67)(H,59,68)(H,60,69)(H,87,88)/t13-,17-,18+,19+,20+,21+,22+,23+,24+,25+,26+,27+,28+,29+,30-,31-,32-,33+,34+,35-,36+,37+,38-,39+,40+,41+,42+,43+,44+,45+,46+,47-,48-,49+,50-,51-,52-,53-,54-,55-,57+/m0/s1. The van der Waals surface area contributed by atoms with Crippen molar-refractivity contribution in [2.24, 2.45) is 0 Å². The van der Waals surface area contributed by atoms with Gasteiger partial charge in [-0.1, -0.05) is 0 Å². The van der Waals surface area contributed by atoms with E-state index in [1.807, 2.05) is 0 Å². The largest absolute Gasteiger partial charge is 0.477 e. The molecule has 0 saturated carbocycles. The van der Waals surface area contributed by atoms with E-state index in [1.54, 1.807) is 0 Å². The molecule has 0 aromatic heterocycles. The zero-order valence-electron chi connectivity index (χ0n) is 55.2. The number of carboxylic acids is 1.